The molecular formula is C13H20ClN3. The van der Waals surface area contributed by atoms with Crippen molar-refractivity contribution in [2.45, 2.75) is 20.3 Å². The largest absolute Gasteiger partial charge is 0.383 e. The Kier molecular flexibility index (Phi) is 6.01. The van der Waals surface area contributed by atoms with E-state index in [2.05, 4.69) is 30.2 Å². The molecule has 3 nitrogen and oxygen atoms in total. The van der Waals surface area contributed by atoms with Gasteiger partial charge in [-0.25, -0.2) is 4.98 Å². The number of anilines is 1. The van der Waals surface area contributed by atoms with Crippen LogP contribution in [0.25, 0.3) is 6.08 Å². The molecule has 0 spiro atoms. The number of pyridine rings is 1. The van der Waals surface area contributed by atoms with E-state index in [9.17, 15) is 0 Å². The summed E-state index contributed by atoms with van der Waals surface area (Å²) in [7, 11) is 0. The SMILES string of the molecule is CC(C)CNCCC=Cc1cc(Cl)cnc1N. The number of nitrogen functional groups attached to an aromatic ring is 1. The van der Waals surface area contributed by atoms with E-state index in [1.54, 1.807) is 6.20 Å². The summed E-state index contributed by atoms with van der Waals surface area (Å²) >= 11 is 5.85. The van der Waals surface area contributed by atoms with Crippen LogP contribution >= 0.6 is 11.6 Å². The van der Waals surface area contributed by atoms with Gasteiger partial charge in [-0.05, 0) is 31.5 Å². The molecule has 0 fully saturated rings. The van der Waals surface area contributed by atoms with E-state index in [1.807, 2.05) is 12.1 Å². The van der Waals surface area contributed by atoms with Crippen molar-refractivity contribution in [3.05, 3.63) is 28.9 Å². The maximum atomic E-state index is 5.85. The monoisotopic (exact) mass is 253 g/mol. The molecule has 1 heterocycles. The lowest BCUT2D eigenvalue weighted by Crippen LogP contribution is -2.20. The summed E-state index contributed by atoms with van der Waals surface area (Å²) in [6.45, 7) is 6.42. The first-order valence-corrected chi connectivity index (χ1v) is 6.25. The Labute approximate surface area is 108 Å². The van der Waals surface area contributed by atoms with Crippen LogP contribution in [0.5, 0.6) is 0 Å². The fourth-order valence-corrected chi connectivity index (χ4v) is 1.55. The molecule has 3 N–H and O–H groups in total. The van der Waals surface area contributed by atoms with Gasteiger partial charge in [0.1, 0.15) is 5.82 Å². The number of nitrogens with two attached hydrogens (primary N) is 1. The normalized spacial score (nSPS) is 11.5. The maximum absolute atomic E-state index is 5.85. The first-order valence-electron chi connectivity index (χ1n) is 5.88. The highest BCUT2D eigenvalue weighted by Crippen LogP contribution is 2.16. The van der Waals surface area contributed by atoms with E-state index in [1.165, 1.54) is 0 Å². The minimum atomic E-state index is 0.515. The quantitative estimate of drug-likeness (QED) is 0.767. The van der Waals surface area contributed by atoms with Crippen LogP contribution in [-0.4, -0.2) is 18.1 Å². The molecule has 17 heavy (non-hydrogen) atoms. The third-order valence-electron chi connectivity index (χ3n) is 2.25. The minimum Gasteiger partial charge on any atom is -0.383 e. The second-order valence-electron chi connectivity index (χ2n) is 4.42. The predicted molar refractivity (Wildman–Crippen MR) is 75.0 cm³/mol. The molecule has 0 radical (unpaired) electrons. The number of hydrogen-bond acceptors (Lipinski definition) is 3. The van der Waals surface area contributed by atoms with Gasteiger partial charge < -0.3 is 11.1 Å². The zero-order valence-corrected chi connectivity index (χ0v) is 11.2. The van der Waals surface area contributed by atoms with E-state index in [-0.39, 0.29) is 0 Å². The van der Waals surface area contributed by atoms with E-state index in [4.69, 9.17) is 17.3 Å². The molecule has 4 heteroatoms. The standard InChI is InChI=1S/C13H20ClN3/c1-10(2)8-16-6-4-3-5-11-7-12(14)9-17-13(11)15/h3,5,7,9-10,16H,4,6,8H2,1-2H3,(H2,15,17). The van der Waals surface area contributed by atoms with Gasteiger partial charge in [-0.3, -0.25) is 0 Å². The van der Waals surface area contributed by atoms with Crippen LogP contribution in [0.1, 0.15) is 25.8 Å². The summed E-state index contributed by atoms with van der Waals surface area (Å²) in [6.07, 6.45) is 6.57. The summed E-state index contributed by atoms with van der Waals surface area (Å²) in [6, 6.07) is 1.82. The van der Waals surface area contributed by atoms with Crippen molar-refractivity contribution < 1.29 is 0 Å². The predicted octanol–water partition coefficient (Wildman–Crippen LogP) is 2.97. The second kappa shape index (κ2) is 7.30. The molecule has 1 rings (SSSR count). The summed E-state index contributed by atoms with van der Waals surface area (Å²) in [5.41, 5.74) is 6.61. The molecule has 0 saturated carbocycles. The van der Waals surface area contributed by atoms with Crippen molar-refractivity contribution in [1.82, 2.24) is 10.3 Å². The van der Waals surface area contributed by atoms with Gasteiger partial charge in [-0.2, -0.15) is 0 Å². The molecule has 0 atom stereocenters. The molecule has 0 aliphatic rings. The Hall–Kier alpha value is -1.06. The smallest absolute Gasteiger partial charge is 0.130 e. The summed E-state index contributed by atoms with van der Waals surface area (Å²) in [4.78, 5) is 4.00. The van der Waals surface area contributed by atoms with Gasteiger partial charge >= 0.3 is 0 Å². The molecule has 0 unspecified atom stereocenters. The average molecular weight is 254 g/mol. The molecule has 94 valence electrons. The fraction of sp³-hybridized carbons (Fsp3) is 0.462. The third kappa shape index (κ3) is 5.71. The zero-order chi connectivity index (χ0) is 12.7. The topological polar surface area (TPSA) is 50.9 Å². The van der Waals surface area contributed by atoms with Gasteiger partial charge in [0.15, 0.2) is 0 Å². The summed E-state index contributed by atoms with van der Waals surface area (Å²) < 4.78 is 0. The lowest BCUT2D eigenvalue weighted by atomic mass is 10.2. The van der Waals surface area contributed by atoms with Gasteiger partial charge in [-0.1, -0.05) is 37.6 Å². The fourth-order valence-electron chi connectivity index (χ4n) is 1.39. The lowest BCUT2D eigenvalue weighted by molar-refractivity contribution is 0.557. The van der Waals surface area contributed by atoms with Gasteiger partial charge in [-0.15, -0.1) is 0 Å². The van der Waals surface area contributed by atoms with Gasteiger partial charge in [0.25, 0.3) is 0 Å². The van der Waals surface area contributed by atoms with Gasteiger partial charge in [0.2, 0.25) is 0 Å². The molecule has 0 aromatic carbocycles. The molecule has 1 aromatic heterocycles. The highest BCUT2D eigenvalue weighted by Gasteiger charge is 1.97. The van der Waals surface area contributed by atoms with Crippen molar-refractivity contribution in [3.8, 4) is 0 Å². The first-order chi connectivity index (χ1) is 8.09. The Balaban J connectivity index is 2.35. The summed E-state index contributed by atoms with van der Waals surface area (Å²) in [5, 5.41) is 3.98. The van der Waals surface area contributed by atoms with E-state index < -0.39 is 0 Å². The number of aromatic nitrogens is 1. The number of halogens is 1. The average Bonchev–Trinajstić information content (AvgIpc) is 2.27. The van der Waals surface area contributed by atoms with Crippen LogP contribution in [0.4, 0.5) is 5.82 Å². The third-order valence-corrected chi connectivity index (χ3v) is 2.46. The van der Waals surface area contributed by atoms with Crippen LogP contribution in [0.2, 0.25) is 5.02 Å². The van der Waals surface area contributed by atoms with Crippen molar-refractivity contribution in [1.29, 1.82) is 0 Å². The van der Waals surface area contributed by atoms with Crippen molar-refractivity contribution in [2.75, 3.05) is 18.8 Å². The molecule has 0 saturated heterocycles. The molecule has 0 bridgehead atoms. The van der Waals surface area contributed by atoms with E-state index in [0.29, 0.717) is 16.8 Å². The number of hydrogen-bond donors (Lipinski definition) is 2. The van der Waals surface area contributed by atoms with Crippen LogP contribution in [0.15, 0.2) is 18.3 Å². The second-order valence-corrected chi connectivity index (χ2v) is 4.85. The van der Waals surface area contributed by atoms with E-state index in [0.717, 1.165) is 25.1 Å². The Bertz CT molecular complexity index is 375. The van der Waals surface area contributed by atoms with Gasteiger partial charge in [0.05, 0.1) is 5.02 Å². The highest BCUT2D eigenvalue weighted by atomic mass is 35.5. The molecular weight excluding hydrogens is 234 g/mol. The van der Waals surface area contributed by atoms with Crippen LogP contribution < -0.4 is 11.1 Å². The lowest BCUT2D eigenvalue weighted by Gasteiger charge is -2.05. The zero-order valence-electron chi connectivity index (χ0n) is 10.4. The number of nitrogens with one attached hydrogen (secondary N) is 1. The van der Waals surface area contributed by atoms with Crippen molar-refractivity contribution >= 4 is 23.5 Å². The number of rotatable bonds is 6. The molecule has 1 aromatic rings. The molecule has 0 aliphatic heterocycles. The Morgan fingerprint density at radius 1 is 1.53 bits per heavy atom. The Morgan fingerprint density at radius 2 is 2.29 bits per heavy atom. The van der Waals surface area contributed by atoms with Crippen molar-refractivity contribution in [2.24, 2.45) is 5.92 Å². The van der Waals surface area contributed by atoms with E-state index >= 15 is 0 Å². The Morgan fingerprint density at radius 3 is 3.00 bits per heavy atom. The number of nitrogens with zero attached hydrogens (tertiary/aromatic N) is 1. The highest BCUT2D eigenvalue weighted by molar-refractivity contribution is 6.30. The van der Waals surface area contributed by atoms with Crippen LogP contribution in [-0.2, 0) is 0 Å². The minimum absolute atomic E-state index is 0.515. The van der Waals surface area contributed by atoms with Crippen molar-refractivity contribution in [3.63, 3.8) is 0 Å². The van der Waals surface area contributed by atoms with Crippen LogP contribution in [0.3, 0.4) is 0 Å². The molecule has 0 aliphatic carbocycles. The maximum Gasteiger partial charge on any atom is 0.130 e. The molecule has 0 amide bonds. The first kappa shape index (κ1) is 14.0. The van der Waals surface area contributed by atoms with Crippen LogP contribution in [0, 0.1) is 5.92 Å². The van der Waals surface area contributed by atoms with Gasteiger partial charge in [0, 0.05) is 11.8 Å². The summed E-state index contributed by atoms with van der Waals surface area (Å²) in [5.74, 6) is 1.20.